The minimum absolute atomic E-state index is 0.00576. The van der Waals surface area contributed by atoms with Crippen molar-refractivity contribution in [3.8, 4) is 11.1 Å². The Morgan fingerprint density at radius 1 is 1.06 bits per heavy atom. The normalized spacial score (nSPS) is 11.4. The van der Waals surface area contributed by atoms with Crippen LogP contribution in [0, 0.1) is 10.1 Å². The average Bonchev–Trinajstić information content (AvgIpc) is 3.24. The first-order valence-corrected chi connectivity index (χ1v) is 12.8. The molecular formula is C25H14Cl2N4O3S2. The van der Waals surface area contributed by atoms with Gasteiger partial charge in [-0.1, -0.05) is 83.5 Å². The van der Waals surface area contributed by atoms with Crippen molar-refractivity contribution in [3.63, 3.8) is 0 Å². The second-order valence-corrected chi connectivity index (χ2v) is 10.6. The highest BCUT2D eigenvalue weighted by atomic mass is 35.5. The van der Waals surface area contributed by atoms with Crippen LogP contribution in [-0.2, 0) is 0 Å². The van der Waals surface area contributed by atoms with E-state index in [9.17, 15) is 14.9 Å². The van der Waals surface area contributed by atoms with Gasteiger partial charge in [0, 0.05) is 22.2 Å². The fraction of sp³-hybridized carbons (Fsp3) is 0. The van der Waals surface area contributed by atoms with Gasteiger partial charge in [-0.2, -0.15) is 9.78 Å². The van der Waals surface area contributed by atoms with Crippen LogP contribution in [0.4, 0.5) is 5.69 Å². The molecule has 0 radical (unpaired) electrons. The van der Waals surface area contributed by atoms with Gasteiger partial charge in [0.25, 0.3) is 11.2 Å². The summed E-state index contributed by atoms with van der Waals surface area (Å²) in [5.41, 5.74) is 1.67. The fourth-order valence-corrected chi connectivity index (χ4v) is 6.44. The van der Waals surface area contributed by atoms with E-state index in [-0.39, 0.29) is 11.2 Å². The number of aromatic nitrogens is 2. The van der Waals surface area contributed by atoms with Crippen molar-refractivity contribution in [2.45, 2.75) is 9.10 Å². The van der Waals surface area contributed by atoms with Gasteiger partial charge >= 0.3 is 0 Å². The van der Waals surface area contributed by atoms with Crippen molar-refractivity contribution in [2.75, 3.05) is 0 Å². The number of nitro groups is 1. The highest BCUT2D eigenvalue weighted by Crippen LogP contribution is 2.46. The van der Waals surface area contributed by atoms with Crippen molar-refractivity contribution in [1.82, 2.24) is 9.66 Å². The van der Waals surface area contributed by atoms with Crippen molar-refractivity contribution in [2.24, 2.45) is 5.10 Å². The number of nitrogens with zero attached hydrogens (tertiary/aromatic N) is 4. The first-order chi connectivity index (χ1) is 17.4. The lowest BCUT2D eigenvalue weighted by atomic mass is 10.1. The molecule has 178 valence electrons. The van der Waals surface area contributed by atoms with Crippen LogP contribution in [0.25, 0.3) is 21.3 Å². The Kier molecular flexibility index (Phi) is 6.88. The number of nitro benzene ring substituents is 1. The number of rotatable bonds is 6. The van der Waals surface area contributed by atoms with Gasteiger partial charge in [0.05, 0.1) is 30.7 Å². The number of benzene rings is 3. The van der Waals surface area contributed by atoms with Gasteiger partial charge < -0.3 is 0 Å². The topological polar surface area (TPSA) is 90.4 Å². The van der Waals surface area contributed by atoms with E-state index in [1.807, 2.05) is 30.3 Å². The third-order valence-corrected chi connectivity index (χ3v) is 8.08. The lowest BCUT2D eigenvalue weighted by Crippen LogP contribution is -2.16. The summed E-state index contributed by atoms with van der Waals surface area (Å²) in [5, 5.41) is 17.1. The Morgan fingerprint density at radius 2 is 1.81 bits per heavy atom. The van der Waals surface area contributed by atoms with Crippen LogP contribution in [0.15, 0.2) is 98.1 Å². The number of fused-ring (bicyclic) bond motifs is 1. The van der Waals surface area contributed by atoms with E-state index in [4.69, 9.17) is 23.2 Å². The summed E-state index contributed by atoms with van der Waals surface area (Å²) in [6.45, 7) is 0. The molecule has 0 aliphatic carbocycles. The van der Waals surface area contributed by atoms with Crippen LogP contribution in [0.1, 0.15) is 5.56 Å². The molecule has 0 aliphatic heterocycles. The zero-order valence-electron chi connectivity index (χ0n) is 18.2. The molecule has 0 saturated carbocycles. The minimum Gasteiger partial charge on any atom is -0.267 e. The monoisotopic (exact) mass is 552 g/mol. The Labute approximate surface area is 222 Å². The molecule has 0 bridgehead atoms. The summed E-state index contributed by atoms with van der Waals surface area (Å²) in [6.07, 6.45) is 2.81. The molecule has 2 heterocycles. The van der Waals surface area contributed by atoms with Crippen LogP contribution < -0.4 is 5.56 Å². The summed E-state index contributed by atoms with van der Waals surface area (Å²) >= 11 is 14.7. The zero-order chi connectivity index (χ0) is 25.2. The molecule has 5 rings (SSSR count). The van der Waals surface area contributed by atoms with E-state index in [1.165, 1.54) is 41.7 Å². The van der Waals surface area contributed by atoms with E-state index in [0.29, 0.717) is 36.3 Å². The zero-order valence-corrected chi connectivity index (χ0v) is 21.3. The van der Waals surface area contributed by atoms with Gasteiger partial charge in [-0.25, -0.2) is 4.98 Å². The Bertz CT molecular complexity index is 1700. The predicted molar refractivity (Wildman–Crippen MR) is 146 cm³/mol. The summed E-state index contributed by atoms with van der Waals surface area (Å²) < 4.78 is 1.86. The second-order valence-electron chi connectivity index (χ2n) is 7.44. The molecule has 36 heavy (non-hydrogen) atoms. The van der Waals surface area contributed by atoms with E-state index in [1.54, 1.807) is 36.4 Å². The number of thiophene rings is 1. The van der Waals surface area contributed by atoms with Crippen LogP contribution in [-0.4, -0.2) is 20.8 Å². The lowest BCUT2D eigenvalue weighted by Gasteiger charge is -2.06. The van der Waals surface area contributed by atoms with Gasteiger partial charge in [0.1, 0.15) is 11.2 Å². The van der Waals surface area contributed by atoms with Crippen molar-refractivity contribution < 1.29 is 4.92 Å². The molecule has 0 fully saturated rings. The summed E-state index contributed by atoms with van der Waals surface area (Å²) in [6, 6.07) is 20.9. The molecule has 5 aromatic rings. The fourth-order valence-electron chi connectivity index (χ4n) is 3.51. The first-order valence-electron chi connectivity index (χ1n) is 10.4. The van der Waals surface area contributed by atoms with Crippen molar-refractivity contribution in [3.05, 3.63) is 115 Å². The standard InChI is InChI=1S/C25H14Cl2N4O3S2/c26-17-11-10-16(18(27)12-17)13-29-30-14-28-23-22(24(30)32)21(15-6-2-1-3-7-15)25(36-23)35-20-9-5-4-8-19(20)31(33)34/h1-14H/b29-13-. The quantitative estimate of drug-likeness (QED) is 0.124. The second kappa shape index (κ2) is 10.2. The minimum atomic E-state index is -0.417. The molecular weight excluding hydrogens is 539 g/mol. The van der Waals surface area contributed by atoms with E-state index in [2.05, 4.69) is 10.1 Å². The molecule has 11 heteroatoms. The predicted octanol–water partition coefficient (Wildman–Crippen LogP) is 7.37. The maximum Gasteiger partial charge on any atom is 0.283 e. The van der Waals surface area contributed by atoms with E-state index >= 15 is 0 Å². The number of hydrogen-bond donors (Lipinski definition) is 0. The number of halogens is 2. The van der Waals surface area contributed by atoms with Crippen LogP contribution >= 0.6 is 46.3 Å². The highest BCUT2D eigenvalue weighted by Gasteiger charge is 2.22. The van der Waals surface area contributed by atoms with Crippen molar-refractivity contribution in [1.29, 1.82) is 0 Å². The van der Waals surface area contributed by atoms with Gasteiger partial charge in [0.2, 0.25) is 0 Å². The Balaban J connectivity index is 1.67. The van der Waals surface area contributed by atoms with Gasteiger partial charge in [0.15, 0.2) is 0 Å². The largest absolute Gasteiger partial charge is 0.283 e. The van der Waals surface area contributed by atoms with E-state index < -0.39 is 4.92 Å². The summed E-state index contributed by atoms with van der Waals surface area (Å²) in [7, 11) is 0. The molecule has 0 atom stereocenters. The highest BCUT2D eigenvalue weighted by molar-refractivity contribution is 8.01. The molecule has 2 aromatic heterocycles. The van der Waals surface area contributed by atoms with E-state index in [0.717, 1.165) is 14.4 Å². The molecule has 0 amide bonds. The summed E-state index contributed by atoms with van der Waals surface area (Å²) in [5.74, 6) is 0. The lowest BCUT2D eigenvalue weighted by molar-refractivity contribution is -0.387. The Morgan fingerprint density at radius 3 is 2.56 bits per heavy atom. The third kappa shape index (κ3) is 4.78. The maximum absolute atomic E-state index is 13.6. The molecule has 0 saturated heterocycles. The smallest absolute Gasteiger partial charge is 0.267 e. The Hall–Kier alpha value is -3.50. The first kappa shape index (κ1) is 24.2. The third-order valence-electron chi connectivity index (χ3n) is 5.17. The molecule has 0 aliphatic rings. The van der Waals surface area contributed by atoms with Crippen LogP contribution in [0.2, 0.25) is 10.0 Å². The molecule has 0 unspecified atom stereocenters. The van der Waals surface area contributed by atoms with Gasteiger partial charge in [-0.15, -0.1) is 11.3 Å². The van der Waals surface area contributed by atoms with Crippen LogP contribution in [0.3, 0.4) is 0 Å². The number of hydrogen-bond acceptors (Lipinski definition) is 7. The van der Waals surface area contributed by atoms with Gasteiger partial charge in [-0.05, 0) is 23.8 Å². The summed E-state index contributed by atoms with van der Waals surface area (Å²) in [4.78, 5) is 30.2. The number of para-hydroxylation sites is 1. The maximum atomic E-state index is 13.6. The molecule has 0 spiro atoms. The molecule has 3 aromatic carbocycles. The van der Waals surface area contributed by atoms with Gasteiger partial charge in [-0.3, -0.25) is 14.9 Å². The van der Waals surface area contributed by atoms with Crippen molar-refractivity contribution >= 4 is 68.4 Å². The van der Waals surface area contributed by atoms with Crippen LogP contribution in [0.5, 0.6) is 0 Å². The average molecular weight is 553 g/mol. The SMILES string of the molecule is O=c1c2c(-c3ccccc3)c(Sc3ccccc3[N+](=O)[O-])sc2ncn1/N=C\c1ccc(Cl)cc1Cl. The molecule has 0 N–H and O–H groups in total. The molecule has 7 nitrogen and oxygen atoms in total.